The van der Waals surface area contributed by atoms with Gasteiger partial charge in [-0.1, -0.05) is 146 Å². The molecule has 0 saturated carbocycles. The Kier molecular flexibility index (Phi) is 15.9. The van der Waals surface area contributed by atoms with Crippen LogP contribution in [0.3, 0.4) is 0 Å². The number of phenols is 1. The SMILES string of the molecule is CCc1ccc(C(C)C(C)c2ccc(O)c(C(C)C(C)c3ccc(CC)c(CC)c3CC)c2C(C)C(C)c2ccc(CC)c(CC)c2CC)c(CC)c1CC. The smallest absolute Gasteiger partial charge is 0.119 e. The van der Waals surface area contributed by atoms with E-state index in [1.807, 2.05) is 6.07 Å². The van der Waals surface area contributed by atoms with Crippen molar-refractivity contribution in [2.45, 2.75) is 197 Å². The quantitative estimate of drug-likeness (QED) is 0.108. The molecule has 0 aliphatic rings. The zero-order valence-electron chi connectivity index (χ0n) is 37.9. The highest BCUT2D eigenvalue weighted by atomic mass is 16.3. The Morgan fingerprint density at radius 3 is 0.891 bits per heavy atom. The summed E-state index contributed by atoms with van der Waals surface area (Å²) in [6, 6.07) is 18.9. The van der Waals surface area contributed by atoms with E-state index >= 15 is 0 Å². The van der Waals surface area contributed by atoms with Gasteiger partial charge in [-0.3, -0.25) is 0 Å². The molecule has 0 spiro atoms. The maximum absolute atomic E-state index is 12.2. The molecule has 4 rings (SSSR count). The first-order valence-corrected chi connectivity index (χ1v) is 22.6. The highest BCUT2D eigenvalue weighted by molar-refractivity contribution is 5.55. The van der Waals surface area contributed by atoms with Gasteiger partial charge in [0.2, 0.25) is 0 Å². The van der Waals surface area contributed by atoms with Crippen molar-refractivity contribution in [3.8, 4) is 5.75 Å². The van der Waals surface area contributed by atoms with Crippen LogP contribution in [0.15, 0.2) is 48.5 Å². The van der Waals surface area contributed by atoms with Crippen molar-refractivity contribution in [3.63, 3.8) is 0 Å². The van der Waals surface area contributed by atoms with E-state index in [1.54, 1.807) is 22.3 Å². The average Bonchev–Trinajstić information content (AvgIpc) is 3.22. The molecule has 4 aromatic carbocycles. The molecular weight excluding hydrogens is 665 g/mol. The number of hydrogen-bond acceptors (Lipinski definition) is 1. The summed E-state index contributed by atoms with van der Waals surface area (Å²) in [5.41, 5.74) is 22.1. The lowest BCUT2D eigenvalue weighted by atomic mass is 9.69. The van der Waals surface area contributed by atoms with Crippen LogP contribution >= 0.6 is 0 Å². The summed E-state index contributed by atoms with van der Waals surface area (Å²) in [7, 11) is 0. The summed E-state index contributed by atoms with van der Waals surface area (Å²) >= 11 is 0. The number of aryl methyl sites for hydroxylation is 3. The van der Waals surface area contributed by atoms with Gasteiger partial charge in [0, 0.05) is 5.56 Å². The molecule has 0 bridgehead atoms. The van der Waals surface area contributed by atoms with E-state index in [2.05, 4.69) is 146 Å². The Morgan fingerprint density at radius 2 is 0.582 bits per heavy atom. The van der Waals surface area contributed by atoms with Gasteiger partial charge >= 0.3 is 0 Å². The molecule has 6 unspecified atom stereocenters. The Bertz CT molecular complexity index is 1890. The molecular formula is C54H78O. The summed E-state index contributed by atoms with van der Waals surface area (Å²) in [6.07, 6.45) is 9.57. The fourth-order valence-corrected chi connectivity index (χ4v) is 10.7. The molecule has 300 valence electrons. The molecule has 0 aliphatic heterocycles. The van der Waals surface area contributed by atoms with Crippen molar-refractivity contribution in [2.75, 3.05) is 0 Å². The van der Waals surface area contributed by atoms with Crippen molar-refractivity contribution >= 4 is 0 Å². The first-order valence-electron chi connectivity index (χ1n) is 22.6. The van der Waals surface area contributed by atoms with Crippen molar-refractivity contribution in [1.82, 2.24) is 0 Å². The maximum Gasteiger partial charge on any atom is 0.119 e. The minimum atomic E-state index is 0.135. The molecule has 0 fully saturated rings. The molecule has 4 aromatic rings. The number of rotatable bonds is 18. The second kappa shape index (κ2) is 19.7. The third-order valence-corrected chi connectivity index (χ3v) is 14.4. The third kappa shape index (κ3) is 8.53. The Labute approximate surface area is 338 Å². The first kappa shape index (κ1) is 44.4. The molecule has 0 heterocycles. The summed E-state index contributed by atoms with van der Waals surface area (Å²) < 4.78 is 0. The minimum Gasteiger partial charge on any atom is -0.508 e. The summed E-state index contributed by atoms with van der Waals surface area (Å²) in [4.78, 5) is 0. The zero-order valence-corrected chi connectivity index (χ0v) is 37.9. The van der Waals surface area contributed by atoms with E-state index in [9.17, 15) is 5.11 Å². The van der Waals surface area contributed by atoms with Crippen LogP contribution in [0.4, 0.5) is 0 Å². The van der Waals surface area contributed by atoms with Crippen molar-refractivity contribution < 1.29 is 5.11 Å². The van der Waals surface area contributed by atoms with Crippen LogP contribution in [0.25, 0.3) is 0 Å². The second-order valence-electron chi connectivity index (χ2n) is 16.7. The Balaban J connectivity index is 2.01. The first-order chi connectivity index (χ1) is 26.3. The number of benzene rings is 4. The molecule has 1 nitrogen and oxygen atoms in total. The van der Waals surface area contributed by atoms with Crippen LogP contribution in [0.5, 0.6) is 5.75 Å². The molecule has 0 amide bonds. The zero-order chi connectivity index (χ0) is 40.7. The topological polar surface area (TPSA) is 20.2 Å². The largest absolute Gasteiger partial charge is 0.508 e. The lowest BCUT2D eigenvalue weighted by Crippen LogP contribution is -2.19. The Hall–Kier alpha value is -3.32. The van der Waals surface area contributed by atoms with Crippen LogP contribution in [0.2, 0.25) is 0 Å². The van der Waals surface area contributed by atoms with Crippen LogP contribution < -0.4 is 0 Å². The predicted molar refractivity (Wildman–Crippen MR) is 242 cm³/mol. The predicted octanol–water partition coefficient (Wildman–Crippen LogP) is 15.2. The van der Waals surface area contributed by atoms with Crippen molar-refractivity contribution in [1.29, 1.82) is 0 Å². The molecule has 0 radical (unpaired) electrons. The number of aromatic hydroxyl groups is 1. The van der Waals surface area contributed by atoms with Gasteiger partial charge in [-0.2, -0.15) is 0 Å². The average molecular weight is 743 g/mol. The van der Waals surface area contributed by atoms with Crippen molar-refractivity contribution in [3.05, 3.63) is 132 Å². The summed E-state index contributed by atoms with van der Waals surface area (Å²) in [5.74, 6) is 1.95. The fraction of sp³-hybridized carbons (Fsp3) is 0.556. The van der Waals surface area contributed by atoms with E-state index in [-0.39, 0.29) is 23.7 Å². The van der Waals surface area contributed by atoms with Crippen LogP contribution in [0.1, 0.15) is 223 Å². The van der Waals surface area contributed by atoms with Gasteiger partial charge in [-0.05, 0) is 177 Å². The van der Waals surface area contributed by atoms with Gasteiger partial charge in [0.1, 0.15) is 5.75 Å². The van der Waals surface area contributed by atoms with Crippen LogP contribution in [-0.2, 0) is 57.8 Å². The molecule has 0 aliphatic carbocycles. The molecule has 0 aromatic heterocycles. The lowest BCUT2D eigenvalue weighted by molar-refractivity contribution is 0.448. The van der Waals surface area contributed by atoms with Gasteiger partial charge in [0.15, 0.2) is 0 Å². The molecule has 1 heteroatoms. The van der Waals surface area contributed by atoms with Gasteiger partial charge in [-0.15, -0.1) is 0 Å². The minimum absolute atomic E-state index is 0.135. The van der Waals surface area contributed by atoms with Gasteiger partial charge in [0.05, 0.1) is 0 Å². The van der Waals surface area contributed by atoms with Crippen LogP contribution in [0, 0.1) is 0 Å². The van der Waals surface area contributed by atoms with E-state index in [4.69, 9.17) is 0 Å². The van der Waals surface area contributed by atoms with Gasteiger partial charge in [0.25, 0.3) is 0 Å². The van der Waals surface area contributed by atoms with Gasteiger partial charge in [-0.25, -0.2) is 0 Å². The molecule has 0 saturated heterocycles. The van der Waals surface area contributed by atoms with E-state index in [0.717, 1.165) is 63.4 Å². The van der Waals surface area contributed by atoms with Crippen molar-refractivity contribution in [2.24, 2.45) is 0 Å². The van der Waals surface area contributed by atoms with E-state index in [0.29, 0.717) is 17.6 Å². The summed E-state index contributed by atoms with van der Waals surface area (Å²) in [5, 5.41) is 12.2. The molecule has 1 N–H and O–H groups in total. The number of hydrogen-bond donors (Lipinski definition) is 1. The standard InChI is InChI=1S/C54H78O/c1-16-39-25-28-48(45(22-7)42(39)19-4)33(10)34(11)51-31-32-52(55)54(38(15)36(13)50-30-27-41(18-3)44(21-6)47(50)24-9)53(51)37(14)35(12)49-29-26-40(17-2)43(20-5)46(49)23-8/h25-38,55H,16-24H2,1-15H3. The highest BCUT2D eigenvalue weighted by Gasteiger charge is 2.34. The molecule has 55 heavy (non-hydrogen) atoms. The van der Waals surface area contributed by atoms with Gasteiger partial charge < -0.3 is 5.11 Å². The van der Waals surface area contributed by atoms with E-state index < -0.39 is 0 Å². The normalized spacial score (nSPS) is 15.1. The number of phenolic OH excluding ortho intramolecular Hbond substituents is 1. The van der Waals surface area contributed by atoms with E-state index in [1.165, 1.54) is 55.6 Å². The highest BCUT2D eigenvalue weighted by Crippen LogP contribution is 2.50. The molecule has 6 atom stereocenters. The third-order valence-electron chi connectivity index (χ3n) is 14.4. The lowest BCUT2D eigenvalue weighted by Gasteiger charge is -2.35. The van der Waals surface area contributed by atoms with Crippen LogP contribution in [-0.4, -0.2) is 5.11 Å². The second-order valence-corrected chi connectivity index (χ2v) is 16.7. The maximum atomic E-state index is 12.2. The Morgan fingerprint density at radius 1 is 0.309 bits per heavy atom. The monoisotopic (exact) mass is 743 g/mol. The fourth-order valence-electron chi connectivity index (χ4n) is 10.7. The summed E-state index contributed by atoms with van der Waals surface area (Å²) in [6.45, 7) is 35.5.